The standard InChI is InChI=1S/C21H30N2O/c1-2-17-14-24-21(22-17)19-13-7-12-18(23-19)20(15-8-3-4-9-15)16-10-5-6-11-16/h7,12-13,15-17,20H,2-6,8-11,14H2,1H3. The maximum atomic E-state index is 5.82. The monoisotopic (exact) mass is 326 g/mol. The van der Waals surface area contributed by atoms with Gasteiger partial charge in [0.1, 0.15) is 12.3 Å². The Morgan fingerprint density at radius 1 is 1.04 bits per heavy atom. The lowest BCUT2D eigenvalue weighted by molar-refractivity contribution is 0.306. The van der Waals surface area contributed by atoms with Gasteiger partial charge in [0.05, 0.1) is 6.04 Å². The highest BCUT2D eigenvalue weighted by atomic mass is 16.5. The molecule has 3 heteroatoms. The van der Waals surface area contributed by atoms with E-state index in [9.17, 15) is 0 Å². The van der Waals surface area contributed by atoms with Gasteiger partial charge in [-0.05, 0) is 56.1 Å². The van der Waals surface area contributed by atoms with Gasteiger partial charge in [-0.15, -0.1) is 0 Å². The lowest BCUT2D eigenvalue weighted by atomic mass is 9.77. The smallest absolute Gasteiger partial charge is 0.235 e. The van der Waals surface area contributed by atoms with E-state index >= 15 is 0 Å². The van der Waals surface area contributed by atoms with E-state index in [2.05, 4.69) is 25.1 Å². The molecule has 1 atom stereocenters. The Kier molecular flexibility index (Phi) is 4.86. The van der Waals surface area contributed by atoms with Gasteiger partial charge < -0.3 is 4.74 Å². The van der Waals surface area contributed by atoms with Crippen molar-refractivity contribution in [1.82, 2.24) is 4.98 Å². The largest absolute Gasteiger partial charge is 0.474 e. The van der Waals surface area contributed by atoms with E-state index in [0.29, 0.717) is 18.6 Å². The van der Waals surface area contributed by atoms with Crippen LogP contribution in [0.25, 0.3) is 0 Å². The number of rotatable bonds is 5. The lowest BCUT2D eigenvalue weighted by Crippen LogP contribution is -2.20. The number of hydrogen-bond acceptors (Lipinski definition) is 3. The summed E-state index contributed by atoms with van der Waals surface area (Å²) in [5.41, 5.74) is 2.25. The molecule has 3 aliphatic rings. The second-order valence-electron chi connectivity index (χ2n) is 7.87. The first-order chi connectivity index (χ1) is 11.8. The van der Waals surface area contributed by atoms with Crippen molar-refractivity contribution >= 4 is 5.90 Å². The summed E-state index contributed by atoms with van der Waals surface area (Å²) in [6, 6.07) is 6.81. The minimum absolute atomic E-state index is 0.311. The topological polar surface area (TPSA) is 34.5 Å². The van der Waals surface area contributed by atoms with Gasteiger partial charge in [0.15, 0.2) is 0 Å². The minimum Gasteiger partial charge on any atom is -0.474 e. The first-order valence-corrected chi connectivity index (χ1v) is 10.0. The number of aliphatic imine (C=N–C) groups is 1. The summed E-state index contributed by atoms with van der Waals surface area (Å²) in [6.45, 7) is 2.88. The van der Waals surface area contributed by atoms with Crippen LogP contribution in [0.3, 0.4) is 0 Å². The summed E-state index contributed by atoms with van der Waals surface area (Å²) in [5.74, 6) is 3.09. The van der Waals surface area contributed by atoms with E-state index in [-0.39, 0.29) is 0 Å². The summed E-state index contributed by atoms with van der Waals surface area (Å²) in [7, 11) is 0. The molecule has 2 aliphatic carbocycles. The van der Waals surface area contributed by atoms with Crippen molar-refractivity contribution in [3.8, 4) is 0 Å². The fraction of sp³-hybridized carbons (Fsp3) is 0.714. The molecule has 1 aromatic heterocycles. The van der Waals surface area contributed by atoms with Crippen LogP contribution in [-0.4, -0.2) is 23.5 Å². The highest BCUT2D eigenvalue weighted by molar-refractivity contribution is 5.93. The third kappa shape index (κ3) is 3.22. The summed E-state index contributed by atoms with van der Waals surface area (Å²) in [5, 5.41) is 0. The summed E-state index contributed by atoms with van der Waals surface area (Å²) in [6.07, 6.45) is 12.2. The number of aromatic nitrogens is 1. The zero-order chi connectivity index (χ0) is 16.4. The first kappa shape index (κ1) is 16.1. The van der Waals surface area contributed by atoms with Crippen LogP contribution in [0.5, 0.6) is 0 Å². The van der Waals surface area contributed by atoms with Crippen LogP contribution >= 0.6 is 0 Å². The molecule has 24 heavy (non-hydrogen) atoms. The van der Waals surface area contributed by atoms with Crippen LogP contribution in [0, 0.1) is 11.8 Å². The molecule has 1 unspecified atom stereocenters. The second kappa shape index (κ2) is 7.25. The molecular formula is C21H30N2O. The van der Waals surface area contributed by atoms with E-state index in [1.807, 2.05) is 0 Å². The molecule has 3 nitrogen and oxygen atoms in total. The van der Waals surface area contributed by atoms with Gasteiger partial charge in [0.2, 0.25) is 5.90 Å². The van der Waals surface area contributed by atoms with Gasteiger partial charge in [-0.25, -0.2) is 9.98 Å². The van der Waals surface area contributed by atoms with Gasteiger partial charge in [0.25, 0.3) is 0 Å². The average molecular weight is 326 g/mol. The molecule has 0 saturated heterocycles. The fourth-order valence-electron chi connectivity index (χ4n) is 5.02. The third-order valence-electron chi connectivity index (χ3n) is 6.33. The van der Waals surface area contributed by atoms with Crippen molar-refractivity contribution in [1.29, 1.82) is 0 Å². The highest BCUT2D eigenvalue weighted by Gasteiger charge is 2.35. The Labute approximate surface area is 145 Å². The predicted molar refractivity (Wildman–Crippen MR) is 97.5 cm³/mol. The van der Waals surface area contributed by atoms with Gasteiger partial charge in [0, 0.05) is 11.6 Å². The van der Waals surface area contributed by atoms with E-state index in [1.165, 1.54) is 57.1 Å². The SMILES string of the molecule is CCC1COC(c2cccc(C(C3CCCC3)C3CCCC3)n2)=N1. The molecule has 2 heterocycles. The number of nitrogens with zero attached hydrogens (tertiary/aromatic N) is 2. The molecule has 1 aliphatic heterocycles. The highest BCUT2D eigenvalue weighted by Crippen LogP contribution is 2.46. The predicted octanol–water partition coefficient (Wildman–Crippen LogP) is 5.10. The molecule has 2 fully saturated rings. The van der Waals surface area contributed by atoms with Crippen molar-refractivity contribution in [3.63, 3.8) is 0 Å². The van der Waals surface area contributed by atoms with Crippen LogP contribution in [-0.2, 0) is 4.74 Å². The third-order valence-corrected chi connectivity index (χ3v) is 6.33. The molecule has 0 N–H and O–H groups in total. The first-order valence-electron chi connectivity index (χ1n) is 10.0. The van der Waals surface area contributed by atoms with Crippen LogP contribution in [0.15, 0.2) is 23.2 Å². The molecule has 4 rings (SSSR count). The second-order valence-corrected chi connectivity index (χ2v) is 7.87. The molecule has 0 aromatic carbocycles. The van der Waals surface area contributed by atoms with E-state index in [0.717, 1.165) is 29.8 Å². The summed E-state index contributed by atoms with van der Waals surface area (Å²) < 4.78 is 5.82. The lowest BCUT2D eigenvalue weighted by Gasteiger charge is -2.29. The molecule has 0 bridgehead atoms. The van der Waals surface area contributed by atoms with Gasteiger partial charge >= 0.3 is 0 Å². The Bertz CT molecular complexity index is 569. The minimum atomic E-state index is 0.311. The zero-order valence-corrected chi connectivity index (χ0v) is 14.9. The van der Waals surface area contributed by atoms with E-state index in [1.54, 1.807) is 0 Å². The number of hydrogen-bond donors (Lipinski definition) is 0. The van der Waals surface area contributed by atoms with Gasteiger partial charge in [-0.2, -0.15) is 0 Å². The summed E-state index contributed by atoms with van der Waals surface area (Å²) in [4.78, 5) is 9.76. The Balaban J connectivity index is 1.62. The van der Waals surface area contributed by atoms with Gasteiger partial charge in [-0.3, -0.25) is 0 Å². The molecular weight excluding hydrogens is 296 g/mol. The van der Waals surface area contributed by atoms with Crippen LogP contribution in [0.1, 0.15) is 82.0 Å². The van der Waals surface area contributed by atoms with Crippen molar-refractivity contribution in [3.05, 3.63) is 29.6 Å². The van der Waals surface area contributed by atoms with Crippen LogP contribution in [0.2, 0.25) is 0 Å². The zero-order valence-electron chi connectivity index (χ0n) is 14.9. The Morgan fingerprint density at radius 2 is 1.71 bits per heavy atom. The fourth-order valence-corrected chi connectivity index (χ4v) is 5.02. The Morgan fingerprint density at radius 3 is 2.29 bits per heavy atom. The van der Waals surface area contributed by atoms with E-state index < -0.39 is 0 Å². The molecule has 1 aromatic rings. The Hall–Kier alpha value is -1.38. The molecule has 0 spiro atoms. The number of ether oxygens (including phenoxy) is 1. The molecule has 130 valence electrons. The van der Waals surface area contributed by atoms with E-state index in [4.69, 9.17) is 14.7 Å². The van der Waals surface area contributed by atoms with Crippen LogP contribution < -0.4 is 0 Å². The normalized spacial score (nSPS) is 25.4. The average Bonchev–Trinajstić information content (AvgIpc) is 3.38. The van der Waals surface area contributed by atoms with Crippen molar-refractivity contribution in [2.75, 3.05) is 6.61 Å². The van der Waals surface area contributed by atoms with Gasteiger partial charge in [-0.1, -0.05) is 38.7 Å². The van der Waals surface area contributed by atoms with Crippen molar-refractivity contribution < 1.29 is 4.74 Å². The quantitative estimate of drug-likeness (QED) is 0.754. The van der Waals surface area contributed by atoms with Crippen molar-refractivity contribution in [2.45, 2.75) is 76.7 Å². The van der Waals surface area contributed by atoms with Crippen molar-refractivity contribution in [2.24, 2.45) is 16.8 Å². The van der Waals surface area contributed by atoms with Crippen LogP contribution in [0.4, 0.5) is 0 Å². The molecule has 0 amide bonds. The maximum Gasteiger partial charge on any atom is 0.235 e. The molecule has 2 saturated carbocycles. The summed E-state index contributed by atoms with van der Waals surface area (Å²) >= 11 is 0. The number of pyridine rings is 1. The maximum absolute atomic E-state index is 5.82. The molecule has 0 radical (unpaired) electrons.